The molecule has 0 atom stereocenters. The minimum Gasteiger partial charge on any atom is -0.483 e. The van der Waals surface area contributed by atoms with E-state index in [1.807, 2.05) is 84.6 Å². The minimum atomic E-state index is -4.47. The van der Waals surface area contributed by atoms with Gasteiger partial charge in [0.15, 0.2) is 6.61 Å². The Kier molecular flexibility index (Phi) is 9.32. The molecule has 240 valence electrons. The highest BCUT2D eigenvalue weighted by atomic mass is 19.4. The standard InChI is InChI=1S/C36H33F3N6O2/c1-24-19-30(43-34(20-24)44-33-21-27(13-16-40-33)36(37,38)39)26-11-12-32(41-22-26)42-28-14-17-45(18-15-28)35(46)23-47-31-10-6-5-9-29(31)25-7-3-2-4-8-25/h2-13,16,19-22,28H,14-15,17-18,23H2,1H3,(H,41,42)(H,40,43,44). The van der Waals surface area contributed by atoms with Gasteiger partial charge in [0.2, 0.25) is 0 Å². The minimum absolute atomic E-state index is 0.0222. The van der Waals surface area contributed by atoms with Crippen LogP contribution in [0.5, 0.6) is 5.75 Å². The van der Waals surface area contributed by atoms with Gasteiger partial charge in [-0.25, -0.2) is 15.0 Å². The number of ether oxygens (including phenoxy) is 1. The number of hydrogen-bond donors (Lipinski definition) is 2. The maximum atomic E-state index is 13.1. The third kappa shape index (κ3) is 8.04. The summed E-state index contributed by atoms with van der Waals surface area (Å²) in [6, 6.07) is 27.1. The van der Waals surface area contributed by atoms with Gasteiger partial charge in [-0.1, -0.05) is 48.5 Å². The number of aryl methyl sites for hydroxylation is 1. The van der Waals surface area contributed by atoms with Gasteiger partial charge in [-0.2, -0.15) is 13.2 Å². The third-order valence-electron chi connectivity index (χ3n) is 7.90. The first-order valence-corrected chi connectivity index (χ1v) is 15.3. The first kappa shape index (κ1) is 31.5. The molecule has 2 N–H and O–H groups in total. The van der Waals surface area contributed by atoms with Gasteiger partial charge in [-0.15, -0.1) is 0 Å². The second-order valence-electron chi connectivity index (χ2n) is 11.3. The second kappa shape index (κ2) is 13.9. The van der Waals surface area contributed by atoms with E-state index >= 15 is 0 Å². The summed E-state index contributed by atoms with van der Waals surface area (Å²) < 4.78 is 45.3. The van der Waals surface area contributed by atoms with Crippen molar-refractivity contribution in [2.75, 3.05) is 30.3 Å². The largest absolute Gasteiger partial charge is 0.483 e. The van der Waals surface area contributed by atoms with Crippen LogP contribution in [0.4, 0.5) is 30.6 Å². The highest BCUT2D eigenvalue weighted by molar-refractivity contribution is 5.78. The SMILES string of the molecule is Cc1cc(Nc2cc(C(F)(F)F)ccn2)nc(-c2ccc(NC3CCN(C(=O)COc4ccccc4-c4ccccc4)CC3)nc2)c1. The number of benzene rings is 2. The number of anilines is 3. The zero-order valence-electron chi connectivity index (χ0n) is 25.7. The molecule has 6 rings (SSSR count). The number of aromatic nitrogens is 3. The van der Waals surface area contributed by atoms with Crippen LogP contribution in [0.15, 0.2) is 103 Å². The van der Waals surface area contributed by atoms with E-state index in [1.54, 1.807) is 12.3 Å². The predicted molar refractivity (Wildman–Crippen MR) is 175 cm³/mol. The first-order chi connectivity index (χ1) is 22.7. The second-order valence-corrected chi connectivity index (χ2v) is 11.3. The fraction of sp³-hybridized carbons (Fsp3) is 0.222. The van der Waals surface area contributed by atoms with E-state index in [2.05, 4.69) is 25.6 Å². The number of amides is 1. The number of para-hydroxylation sites is 1. The number of rotatable bonds is 9. The van der Waals surface area contributed by atoms with Crippen molar-refractivity contribution in [2.24, 2.45) is 0 Å². The highest BCUT2D eigenvalue weighted by Gasteiger charge is 2.31. The van der Waals surface area contributed by atoms with Crippen LogP contribution < -0.4 is 15.4 Å². The molecule has 0 saturated carbocycles. The van der Waals surface area contributed by atoms with E-state index in [9.17, 15) is 18.0 Å². The van der Waals surface area contributed by atoms with E-state index in [1.165, 1.54) is 0 Å². The predicted octanol–water partition coefficient (Wildman–Crippen LogP) is 7.76. The molecule has 1 aliphatic rings. The zero-order valence-corrected chi connectivity index (χ0v) is 25.7. The monoisotopic (exact) mass is 638 g/mol. The number of carbonyl (C=O) groups is 1. The number of alkyl halides is 3. The van der Waals surface area contributed by atoms with Crippen molar-refractivity contribution in [3.8, 4) is 28.1 Å². The van der Waals surface area contributed by atoms with Crippen LogP contribution in [0.3, 0.4) is 0 Å². The van der Waals surface area contributed by atoms with Crippen molar-refractivity contribution < 1.29 is 22.7 Å². The lowest BCUT2D eigenvalue weighted by atomic mass is 10.0. The summed E-state index contributed by atoms with van der Waals surface area (Å²) in [6.45, 7) is 3.09. The Morgan fingerprint density at radius 2 is 1.64 bits per heavy atom. The van der Waals surface area contributed by atoms with Gasteiger partial charge < -0.3 is 20.3 Å². The average Bonchev–Trinajstić information content (AvgIpc) is 3.08. The lowest BCUT2D eigenvalue weighted by Gasteiger charge is -2.32. The summed E-state index contributed by atoms with van der Waals surface area (Å²) in [7, 11) is 0. The molecular formula is C36H33F3N6O2. The Morgan fingerprint density at radius 3 is 2.38 bits per heavy atom. The quantitative estimate of drug-likeness (QED) is 0.171. The fourth-order valence-corrected chi connectivity index (χ4v) is 5.48. The molecular weight excluding hydrogens is 605 g/mol. The van der Waals surface area contributed by atoms with E-state index in [0.29, 0.717) is 36.2 Å². The lowest BCUT2D eigenvalue weighted by molar-refractivity contribution is -0.137. The topological polar surface area (TPSA) is 92.3 Å². The van der Waals surface area contributed by atoms with Crippen molar-refractivity contribution in [1.82, 2.24) is 19.9 Å². The Hall–Kier alpha value is -5.45. The lowest BCUT2D eigenvalue weighted by Crippen LogP contribution is -2.44. The van der Waals surface area contributed by atoms with Crippen LogP contribution >= 0.6 is 0 Å². The van der Waals surface area contributed by atoms with Crippen LogP contribution in [-0.2, 0) is 11.0 Å². The molecule has 0 radical (unpaired) electrons. The summed E-state index contributed by atoms with van der Waals surface area (Å²) in [5, 5.41) is 6.34. The Morgan fingerprint density at radius 1 is 0.872 bits per heavy atom. The molecule has 1 fully saturated rings. The summed E-state index contributed by atoms with van der Waals surface area (Å²) in [5.74, 6) is 1.77. The number of carbonyl (C=O) groups excluding carboxylic acids is 1. The Labute approximate surface area is 270 Å². The van der Waals surface area contributed by atoms with Crippen LogP contribution in [0, 0.1) is 6.92 Å². The van der Waals surface area contributed by atoms with Gasteiger partial charge in [-0.05, 0) is 73.4 Å². The summed E-state index contributed by atoms with van der Waals surface area (Å²) >= 11 is 0. The maximum Gasteiger partial charge on any atom is 0.416 e. The highest BCUT2D eigenvalue weighted by Crippen LogP contribution is 2.32. The van der Waals surface area contributed by atoms with Crippen molar-refractivity contribution in [3.05, 3.63) is 115 Å². The molecule has 0 unspecified atom stereocenters. The molecule has 4 heterocycles. The van der Waals surface area contributed by atoms with E-state index in [0.717, 1.165) is 53.4 Å². The molecule has 2 aromatic carbocycles. The van der Waals surface area contributed by atoms with Gasteiger partial charge in [-0.3, -0.25) is 4.79 Å². The number of nitrogens with zero attached hydrogens (tertiary/aromatic N) is 4. The van der Waals surface area contributed by atoms with E-state index in [4.69, 9.17) is 4.74 Å². The van der Waals surface area contributed by atoms with Gasteiger partial charge in [0, 0.05) is 42.7 Å². The normalized spacial score (nSPS) is 13.7. The Bertz CT molecular complexity index is 1830. The van der Waals surface area contributed by atoms with Gasteiger partial charge in [0.25, 0.3) is 5.91 Å². The average molecular weight is 639 g/mol. The molecule has 5 aromatic rings. The molecule has 3 aromatic heterocycles. The van der Waals surface area contributed by atoms with Crippen molar-refractivity contribution in [2.45, 2.75) is 32.0 Å². The fourth-order valence-electron chi connectivity index (χ4n) is 5.48. The Balaban J connectivity index is 1.01. The molecule has 0 spiro atoms. The first-order valence-electron chi connectivity index (χ1n) is 15.3. The van der Waals surface area contributed by atoms with Crippen molar-refractivity contribution in [3.63, 3.8) is 0 Å². The summed E-state index contributed by atoms with van der Waals surface area (Å²) in [4.78, 5) is 28.0. The maximum absolute atomic E-state index is 13.1. The number of pyridine rings is 3. The zero-order chi connectivity index (χ0) is 32.8. The van der Waals surface area contributed by atoms with Crippen LogP contribution in [-0.4, -0.2) is 51.5 Å². The number of piperidine rings is 1. The van der Waals surface area contributed by atoms with Gasteiger partial charge in [0.05, 0.1) is 11.3 Å². The molecule has 47 heavy (non-hydrogen) atoms. The molecule has 1 saturated heterocycles. The number of halogens is 3. The number of likely N-dealkylation sites (tertiary alicyclic amines) is 1. The van der Waals surface area contributed by atoms with Crippen molar-refractivity contribution >= 4 is 23.4 Å². The number of hydrogen-bond acceptors (Lipinski definition) is 7. The van der Waals surface area contributed by atoms with Gasteiger partial charge >= 0.3 is 6.18 Å². The molecule has 1 aliphatic heterocycles. The molecule has 0 aliphatic carbocycles. The summed E-state index contributed by atoms with van der Waals surface area (Å²) in [6.07, 6.45) is -0.103. The molecule has 8 nitrogen and oxygen atoms in total. The molecule has 0 bridgehead atoms. The van der Waals surface area contributed by atoms with Crippen LogP contribution in [0.1, 0.15) is 24.0 Å². The number of nitrogens with one attached hydrogen (secondary N) is 2. The molecule has 1 amide bonds. The van der Waals surface area contributed by atoms with Crippen LogP contribution in [0.2, 0.25) is 0 Å². The smallest absolute Gasteiger partial charge is 0.416 e. The van der Waals surface area contributed by atoms with E-state index in [-0.39, 0.29) is 24.4 Å². The summed E-state index contributed by atoms with van der Waals surface area (Å²) in [5.41, 5.74) is 3.45. The van der Waals surface area contributed by atoms with Crippen molar-refractivity contribution in [1.29, 1.82) is 0 Å². The van der Waals surface area contributed by atoms with Crippen LogP contribution in [0.25, 0.3) is 22.4 Å². The third-order valence-corrected chi connectivity index (χ3v) is 7.90. The van der Waals surface area contributed by atoms with E-state index < -0.39 is 11.7 Å². The molecule has 11 heteroatoms. The van der Waals surface area contributed by atoms with Gasteiger partial charge in [0.1, 0.15) is 23.2 Å².